The van der Waals surface area contributed by atoms with Gasteiger partial charge in [0.25, 0.3) is 10.0 Å². The molecule has 0 radical (unpaired) electrons. The van der Waals surface area contributed by atoms with Crippen LogP contribution in [0.4, 0.5) is 5.69 Å². The Labute approximate surface area is 203 Å². The molecule has 0 aliphatic carbocycles. The highest BCUT2D eigenvalue weighted by molar-refractivity contribution is 7.92. The molecule has 2 aliphatic heterocycles. The summed E-state index contributed by atoms with van der Waals surface area (Å²) in [6.45, 7) is 0.771. The van der Waals surface area contributed by atoms with Gasteiger partial charge in [-0.25, -0.2) is 8.42 Å². The molecular weight excluding hydrogens is 472 g/mol. The second-order valence-corrected chi connectivity index (χ2v) is 9.82. The highest BCUT2D eigenvalue weighted by Gasteiger charge is 2.29. The summed E-state index contributed by atoms with van der Waals surface area (Å²) in [5.41, 5.74) is 0.291. The first-order valence-electron chi connectivity index (χ1n) is 11.1. The van der Waals surface area contributed by atoms with Crippen molar-refractivity contribution in [2.75, 3.05) is 37.2 Å². The molecule has 5 rings (SSSR count). The van der Waals surface area contributed by atoms with E-state index in [2.05, 4.69) is 5.32 Å². The lowest BCUT2D eigenvalue weighted by Crippen LogP contribution is -2.45. The average Bonchev–Trinajstić information content (AvgIpc) is 2.90. The van der Waals surface area contributed by atoms with Crippen LogP contribution in [0, 0.1) is 0 Å². The van der Waals surface area contributed by atoms with Crippen molar-refractivity contribution in [3.63, 3.8) is 0 Å². The molecule has 0 unspecified atom stereocenters. The maximum atomic E-state index is 13.5. The Morgan fingerprint density at radius 2 is 1.54 bits per heavy atom. The van der Waals surface area contributed by atoms with E-state index >= 15 is 0 Å². The SMILES string of the molecule is O=C(CN(c1ccc2c(c1)OCCO2)S(=O)(=O)c1ccccc1)NC[C@H]1COc2ccccc2O1. The molecule has 0 fully saturated rings. The van der Waals surface area contributed by atoms with Gasteiger partial charge in [0.05, 0.1) is 17.1 Å². The topological polar surface area (TPSA) is 103 Å². The van der Waals surface area contributed by atoms with Crippen molar-refractivity contribution in [1.29, 1.82) is 0 Å². The van der Waals surface area contributed by atoms with E-state index in [1.165, 1.54) is 12.1 Å². The minimum atomic E-state index is -4.04. The number of sulfonamides is 1. The normalized spacial score (nSPS) is 16.3. The van der Waals surface area contributed by atoms with Gasteiger partial charge in [-0.1, -0.05) is 30.3 Å². The number of amides is 1. The van der Waals surface area contributed by atoms with E-state index in [0.29, 0.717) is 41.9 Å². The third kappa shape index (κ3) is 4.97. The van der Waals surface area contributed by atoms with Gasteiger partial charge in [-0.15, -0.1) is 0 Å². The van der Waals surface area contributed by atoms with Crippen LogP contribution in [-0.4, -0.2) is 53.3 Å². The Balaban J connectivity index is 1.34. The first-order valence-corrected chi connectivity index (χ1v) is 12.6. The molecule has 0 bridgehead atoms. The van der Waals surface area contributed by atoms with Crippen molar-refractivity contribution in [1.82, 2.24) is 5.32 Å². The number of hydrogen-bond donors (Lipinski definition) is 1. The third-order valence-corrected chi connectivity index (χ3v) is 7.31. The smallest absolute Gasteiger partial charge is 0.264 e. The Morgan fingerprint density at radius 1 is 0.857 bits per heavy atom. The number of nitrogens with zero attached hydrogens (tertiary/aromatic N) is 1. The van der Waals surface area contributed by atoms with Gasteiger partial charge in [-0.3, -0.25) is 9.10 Å². The molecule has 0 aromatic heterocycles. The predicted octanol–water partition coefficient (Wildman–Crippen LogP) is 2.61. The van der Waals surface area contributed by atoms with Crippen molar-refractivity contribution < 1.29 is 32.2 Å². The van der Waals surface area contributed by atoms with E-state index in [4.69, 9.17) is 18.9 Å². The zero-order chi connectivity index (χ0) is 24.3. The number of carbonyl (C=O) groups excluding carboxylic acids is 1. The number of nitrogens with one attached hydrogen (secondary N) is 1. The Kier molecular flexibility index (Phi) is 6.37. The lowest BCUT2D eigenvalue weighted by atomic mass is 10.2. The monoisotopic (exact) mass is 496 g/mol. The molecule has 2 aliphatic rings. The first kappa shape index (κ1) is 22.9. The van der Waals surface area contributed by atoms with Crippen LogP contribution in [-0.2, 0) is 14.8 Å². The van der Waals surface area contributed by atoms with Crippen molar-refractivity contribution in [2.24, 2.45) is 0 Å². The number of rotatable bonds is 7. The van der Waals surface area contributed by atoms with Crippen LogP contribution in [0.5, 0.6) is 23.0 Å². The van der Waals surface area contributed by atoms with Gasteiger partial charge in [-0.2, -0.15) is 0 Å². The van der Waals surface area contributed by atoms with E-state index in [1.807, 2.05) is 18.2 Å². The summed E-state index contributed by atoms with van der Waals surface area (Å²) in [6, 6.07) is 20.1. The highest BCUT2D eigenvalue weighted by Crippen LogP contribution is 2.36. The maximum Gasteiger partial charge on any atom is 0.264 e. The molecule has 10 heteroatoms. The molecule has 1 atom stereocenters. The van der Waals surface area contributed by atoms with E-state index < -0.39 is 28.6 Å². The minimum Gasteiger partial charge on any atom is -0.486 e. The number of anilines is 1. The number of fused-ring (bicyclic) bond motifs is 2. The van der Waals surface area contributed by atoms with Crippen LogP contribution in [0.15, 0.2) is 77.7 Å². The van der Waals surface area contributed by atoms with Crippen LogP contribution >= 0.6 is 0 Å². The zero-order valence-corrected chi connectivity index (χ0v) is 19.6. The highest BCUT2D eigenvalue weighted by atomic mass is 32.2. The zero-order valence-electron chi connectivity index (χ0n) is 18.8. The summed E-state index contributed by atoms with van der Waals surface area (Å²) < 4.78 is 50.8. The van der Waals surface area contributed by atoms with Crippen molar-refractivity contribution in [2.45, 2.75) is 11.0 Å². The molecule has 0 saturated heterocycles. The van der Waals surface area contributed by atoms with Crippen LogP contribution < -0.4 is 28.6 Å². The van der Waals surface area contributed by atoms with Crippen LogP contribution in [0.3, 0.4) is 0 Å². The fourth-order valence-corrected chi connectivity index (χ4v) is 5.23. The van der Waals surface area contributed by atoms with Gasteiger partial charge in [-0.05, 0) is 36.4 Å². The van der Waals surface area contributed by atoms with Gasteiger partial charge < -0.3 is 24.3 Å². The van der Waals surface area contributed by atoms with Crippen molar-refractivity contribution in [3.8, 4) is 23.0 Å². The molecule has 0 spiro atoms. The number of para-hydroxylation sites is 2. The Bertz CT molecular complexity index is 1310. The molecule has 9 nitrogen and oxygen atoms in total. The van der Waals surface area contributed by atoms with Crippen molar-refractivity contribution in [3.05, 3.63) is 72.8 Å². The van der Waals surface area contributed by atoms with Gasteiger partial charge in [0, 0.05) is 6.07 Å². The Hall–Kier alpha value is -3.92. The number of ether oxygens (including phenoxy) is 4. The van der Waals surface area contributed by atoms with Gasteiger partial charge in [0.1, 0.15) is 32.5 Å². The first-order chi connectivity index (χ1) is 17.0. The number of carbonyl (C=O) groups is 1. The second kappa shape index (κ2) is 9.75. The maximum absolute atomic E-state index is 13.5. The summed E-state index contributed by atoms with van der Waals surface area (Å²) in [4.78, 5) is 13.0. The standard InChI is InChI=1S/C25H24N2O7S/c28-25(26-15-19-17-33-21-8-4-5-9-23(21)34-19)16-27(35(29,30)20-6-2-1-3-7-20)18-10-11-22-24(14-18)32-13-12-31-22/h1-11,14,19H,12-13,15-17H2,(H,26,28)/t19-/m0/s1. The van der Waals surface area contributed by atoms with E-state index in [0.717, 1.165) is 4.31 Å². The number of hydrogen-bond acceptors (Lipinski definition) is 7. The van der Waals surface area contributed by atoms with E-state index in [1.54, 1.807) is 42.5 Å². The Morgan fingerprint density at radius 3 is 2.34 bits per heavy atom. The summed E-state index contributed by atoms with van der Waals surface area (Å²) >= 11 is 0. The fourth-order valence-electron chi connectivity index (χ4n) is 3.80. The van der Waals surface area contributed by atoms with E-state index in [-0.39, 0.29) is 18.0 Å². The lowest BCUT2D eigenvalue weighted by Gasteiger charge is -2.28. The van der Waals surface area contributed by atoms with Crippen molar-refractivity contribution >= 4 is 21.6 Å². The summed E-state index contributed by atoms with van der Waals surface area (Å²) in [5.74, 6) is 1.71. The molecule has 35 heavy (non-hydrogen) atoms. The molecule has 1 N–H and O–H groups in total. The summed E-state index contributed by atoms with van der Waals surface area (Å²) in [6.07, 6.45) is -0.401. The van der Waals surface area contributed by atoms with Gasteiger partial charge in [0.15, 0.2) is 23.0 Å². The minimum absolute atomic E-state index is 0.0725. The van der Waals surface area contributed by atoms with Crippen LogP contribution in [0.2, 0.25) is 0 Å². The lowest BCUT2D eigenvalue weighted by molar-refractivity contribution is -0.120. The second-order valence-electron chi connectivity index (χ2n) is 7.95. The predicted molar refractivity (Wildman–Crippen MR) is 128 cm³/mol. The van der Waals surface area contributed by atoms with E-state index in [9.17, 15) is 13.2 Å². The molecule has 0 saturated carbocycles. The largest absolute Gasteiger partial charge is 0.486 e. The van der Waals surface area contributed by atoms with Gasteiger partial charge >= 0.3 is 0 Å². The number of benzene rings is 3. The third-order valence-electron chi connectivity index (χ3n) is 5.53. The molecular formula is C25H24N2O7S. The summed E-state index contributed by atoms with van der Waals surface area (Å²) in [5, 5.41) is 2.76. The van der Waals surface area contributed by atoms with Crippen LogP contribution in [0.1, 0.15) is 0 Å². The summed E-state index contributed by atoms with van der Waals surface area (Å²) in [7, 11) is -4.04. The fraction of sp³-hybridized carbons (Fsp3) is 0.240. The molecule has 2 heterocycles. The molecule has 3 aromatic rings. The van der Waals surface area contributed by atoms with Crippen LogP contribution in [0.25, 0.3) is 0 Å². The molecule has 182 valence electrons. The quantitative estimate of drug-likeness (QED) is 0.536. The molecule has 3 aromatic carbocycles. The van der Waals surface area contributed by atoms with Gasteiger partial charge in [0.2, 0.25) is 5.91 Å². The average molecular weight is 497 g/mol. The molecule has 1 amide bonds.